The first-order valence-corrected chi connectivity index (χ1v) is 11.1. The molecule has 0 saturated heterocycles. The third-order valence-corrected chi connectivity index (χ3v) is 7.26. The largest absolute Gasteiger partial charge is 0.378 e. The SMILES string of the molecule is CCOC1CC(NC(=NC)NCC2CCc3nnc(C)n3C2)C12CCCCC2. The van der Waals surface area contributed by atoms with Gasteiger partial charge in [-0.15, -0.1) is 10.2 Å². The van der Waals surface area contributed by atoms with Gasteiger partial charge in [0.25, 0.3) is 0 Å². The summed E-state index contributed by atoms with van der Waals surface area (Å²) in [7, 11) is 1.88. The molecular formula is C21H36N6O. The van der Waals surface area contributed by atoms with Gasteiger partial charge in [0.2, 0.25) is 0 Å². The Hall–Kier alpha value is -1.63. The van der Waals surface area contributed by atoms with Crippen LogP contribution in [0.5, 0.6) is 0 Å². The number of aryl methyl sites for hydroxylation is 2. The number of hydrogen-bond donors (Lipinski definition) is 2. The lowest BCUT2D eigenvalue weighted by molar-refractivity contribution is -0.145. The molecule has 7 nitrogen and oxygen atoms in total. The molecule has 0 amide bonds. The van der Waals surface area contributed by atoms with Gasteiger partial charge in [0.05, 0.1) is 6.10 Å². The standard InChI is InChI=1S/C21H36N6O/c1-4-28-18-12-17(21(18)10-6-5-7-11-21)24-20(22-3)23-13-16-8-9-19-26-25-15(2)27(19)14-16/h16-18H,4-14H2,1-3H3,(H2,22,23,24). The smallest absolute Gasteiger partial charge is 0.191 e. The fraction of sp³-hybridized carbons (Fsp3) is 0.857. The summed E-state index contributed by atoms with van der Waals surface area (Å²) in [6, 6.07) is 0.480. The van der Waals surface area contributed by atoms with Crippen LogP contribution in [0.25, 0.3) is 0 Å². The van der Waals surface area contributed by atoms with Gasteiger partial charge < -0.3 is 19.9 Å². The molecule has 2 saturated carbocycles. The van der Waals surface area contributed by atoms with E-state index >= 15 is 0 Å². The van der Waals surface area contributed by atoms with Crippen LogP contribution in [-0.4, -0.2) is 53.1 Å². The minimum absolute atomic E-state index is 0.311. The topological polar surface area (TPSA) is 76.4 Å². The van der Waals surface area contributed by atoms with E-state index in [0.29, 0.717) is 23.5 Å². The molecule has 0 aromatic carbocycles. The van der Waals surface area contributed by atoms with E-state index in [1.807, 2.05) is 14.0 Å². The van der Waals surface area contributed by atoms with Gasteiger partial charge in [-0.25, -0.2) is 0 Å². The molecule has 1 spiro atoms. The number of hydrogen-bond acceptors (Lipinski definition) is 4. The molecule has 3 unspecified atom stereocenters. The maximum absolute atomic E-state index is 6.09. The Morgan fingerprint density at radius 3 is 2.86 bits per heavy atom. The highest BCUT2D eigenvalue weighted by molar-refractivity contribution is 5.80. The van der Waals surface area contributed by atoms with Crippen LogP contribution in [0.3, 0.4) is 0 Å². The molecule has 3 atom stereocenters. The Balaban J connectivity index is 1.32. The van der Waals surface area contributed by atoms with Crippen molar-refractivity contribution in [3.05, 3.63) is 11.6 Å². The highest BCUT2D eigenvalue weighted by Crippen LogP contribution is 2.53. The summed E-state index contributed by atoms with van der Waals surface area (Å²) in [5, 5.41) is 15.8. The predicted octanol–water partition coefficient (Wildman–Crippen LogP) is 2.44. The van der Waals surface area contributed by atoms with Crippen LogP contribution in [0.15, 0.2) is 4.99 Å². The first-order valence-electron chi connectivity index (χ1n) is 11.1. The van der Waals surface area contributed by atoms with Crippen LogP contribution in [-0.2, 0) is 17.7 Å². The molecule has 3 aliphatic rings. The van der Waals surface area contributed by atoms with Crippen molar-refractivity contribution in [3.63, 3.8) is 0 Å². The minimum atomic E-state index is 0.311. The van der Waals surface area contributed by atoms with Gasteiger partial charge in [0, 0.05) is 44.6 Å². The van der Waals surface area contributed by atoms with E-state index < -0.39 is 0 Å². The Morgan fingerprint density at radius 1 is 1.29 bits per heavy atom. The first-order chi connectivity index (χ1) is 13.7. The molecule has 156 valence electrons. The summed E-state index contributed by atoms with van der Waals surface area (Å²) in [6.45, 7) is 6.91. The molecule has 2 N–H and O–H groups in total. The van der Waals surface area contributed by atoms with Gasteiger partial charge in [-0.2, -0.15) is 0 Å². The number of aromatic nitrogens is 3. The molecule has 2 heterocycles. The summed E-state index contributed by atoms with van der Waals surface area (Å²) in [6.07, 6.45) is 10.3. The fourth-order valence-electron chi connectivity index (χ4n) is 5.56. The molecule has 0 bridgehead atoms. The zero-order valence-corrected chi connectivity index (χ0v) is 17.7. The van der Waals surface area contributed by atoms with E-state index in [4.69, 9.17) is 4.74 Å². The van der Waals surface area contributed by atoms with Crippen molar-refractivity contribution in [3.8, 4) is 0 Å². The summed E-state index contributed by atoms with van der Waals surface area (Å²) in [5.41, 5.74) is 0.311. The second kappa shape index (κ2) is 8.39. The average Bonchev–Trinajstić information content (AvgIpc) is 3.10. The van der Waals surface area contributed by atoms with Crippen molar-refractivity contribution in [1.82, 2.24) is 25.4 Å². The number of nitrogens with one attached hydrogen (secondary N) is 2. The second-order valence-electron chi connectivity index (χ2n) is 8.80. The van der Waals surface area contributed by atoms with Crippen LogP contribution >= 0.6 is 0 Å². The van der Waals surface area contributed by atoms with E-state index in [1.54, 1.807) is 0 Å². The number of nitrogens with zero attached hydrogens (tertiary/aromatic N) is 4. The van der Waals surface area contributed by atoms with E-state index in [-0.39, 0.29) is 0 Å². The lowest BCUT2D eigenvalue weighted by atomic mass is 9.55. The zero-order chi connectivity index (χ0) is 19.6. The van der Waals surface area contributed by atoms with Crippen molar-refractivity contribution in [2.75, 3.05) is 20.2 Å². The van der Waals surface area contributed by atoms with Crippen LogP contribution in [0.4, 0.5) is 0 Å². The molecular weight excluding hydrogens is 352 g/mol. The number of rotatable bonds is 5. The second-order valence-corrected chi connectivity index (χ2v) is 8.80. The van der Waals surface area contributed by atoms with Crippen LogP contribution in [0.2, 0.25) is 0 Å². The molecule has 2 aliphatic carbocycles. The molecule has 2 fully saturated rings. The first kappa shape index (κ1) is 19.7. The molecule has 4 rings (SSSR count). The predicted molar refractivity (Wildman–Crippen MR) is 110 cm³/mol. The lowest BCUT2D eigenvalue weighted by Gasteiger charge is -2.58. The van der Waals surface area contributed by atoms with Crippen molar-refractivity contribution >= 4 is 5.96 Å². The normalized spacial score (nSPS) is 29.2. The van der Waals surface area contributed by atoms with E-state index in [9.17, 15) is 0 Å². The summed E-state index contributed by atoms with van der Waals surface area (Å²) >= 11 is 0. The van der Waals surface area contributed by atoms with Crippen molar-refractivity contribution < 1.29 is 4.74 Å². The molecule has 1 aromatic rings. The van der Waals surface area contributed by atoms with Crippen LogP contribution in [0.1, 0.15) is 63.5 Å². The maximum Gasteiger partial charge on any atom is 0.191 e. The highest BCUT2D eigenvalue weighted by Gasteiger charge is 2.55. The van der Waals surface area contributed by atoms with Crippen molar-refractivity contribution in [1.29, 1.82) is 0 Å². The lowest BCUT2D eigenvalue weighted by Crippen LogP contribution is -2.66. The van der Waals surface area contributed by atoms with E-state index in [2.05, 4.69) is 37.3 Å². The number of fused-ring (bicyclic) bond motifs is 1. The molecule has 28 heavy (non-hydrogen) atoms. The number of guanidine groups is 1. The summed E-state index contributed by atoms with van der Waals surface area (Å²) in [5.74, 6) is 3.68. The average molecular weight is 389 g/mol. The quantitative estimate of drug-likeness (QED) is 0.598. The number of ether oxygens (including phenoxy) is 1. The molecule has 0 radical (unpaired) electrons. The van der Waals surface area contributed by atoms with Gasteiger partial charge in [-0.3, -0.25) is 4.99 Å². The van der Waals surface area contributed by atoms with Crippen molar-refractivity contribution in [2.24, 2.45) is 16.3 Å². The van der Waals surface area contributed by atoms with E-state index in [0.717, 1.165) is 56.6 Å². The van der Waals surface area contributed by atoms with Crippen LogP contribution in [0, 0.1) is 18.3 Å². The van der Waals surface area contributed by atoms with E-state index in [1.165, 1.54) is 32.1 Å². The maximum atomic E-state index is 6.09. The molecule has 7 heteroatoms. The van der Waals surface area contributed by atoms with Gasteiger partial charge in [-0.1, -0.05) is 19.3 Å². The Kier molecular flexibility index (Phi) is 5.90. The summed E-state index contributed by atoms with van der Waals surface area (Å²) in [4.78, 5) is 4.52. The van der Waals surface area contributed by atoms with Gasteiger partial charge >= 0.3 is 0 Å². The fourth-order valence-corrected chi connectivity index (χ4v) is 5.56. The third kappa shape index (κ3) is 3.65. The zero-order valence-electron chi connectivity index (χ0n) is 17.7. The summed E-state index contributed by atoms with van der Waals surface area (Å²) < 4.78 is 8.36. The Morgan fingerprint density at radius 2 is 2.11 bits per heavy atom. The third-order valence-electron chi connectivity index (χ3n) is 7.26. The Labute approximate surface area is 168 Å². The number of aliphatic imine (C=N–C) groups is 1. The highest BCUT2D eigenvalue weighted by atomic mass is 16.5. The van der Waals surface area contributed by atoms with Crippen molar-refractivity contribution in [2.45, 2.75) is 83.9 Å². The molecule has 1 aromatic heterocycles. The van der Waals surface area contributed by atoms with Crippen LogP contribution < -0.4 is 10.6 Å². The minimum Gasteiger partial charge on any atom is -0.378 e. The van der Waals surface area contributed by atoms with Gasteiger partial charge in [0.15, 0.2) is 5.96 Å². The monoisotopic (exact) mass is 388 g/mol. The Bertz CT molecular complexity index is 693. The van der Waals surface area contributed by atoms with Gasteiger partial charge in [0.1, 0.15) is 11.6 Å². The molecule has 1 aliphatic heterocycles. The van der Waals surface area contributed by atoms with Gasteiger partial charge in [-0.05, 0) is 45.4 Å².